The van der Waals surface area contributed by atoms with E-state index in [1.54, 1.807) is 13.0 Å². The minimum atomic E-state index is -0.506. The van der Waals surface area contributed by atoms with Gasteiger partial charge in [0.2, 0.25) is 5.91 Å². The van der Waals surface area contributed by atoms with Crippen molar-refractivity contribution in [1.29, 1.82) is 0 Å². The highest BCUT2D eigenvalue weighted by Gasteiger charge is 2.26. The number of amides is 2. The number of ether oxygens (including phenoxy) is 1. The van der Waals surface area contributed by atoms with Crippen LogP contribution in [0.25, 0.3) is 0 Å². The lowest BCUT2D eigenvalue weighted by atomic mass is 10.1. The molecule has 0 bridgehead atoms. The van der Waals surface area contributed by atoms with Crippen LogP contribution in [0.5, 0.6) is 0 Å². The van der Waals surface area contributed by atoms with Crippen LogP contribution >= 0.6 is 0 Å². The first-order valence-electron chi connectivity index (χ1n) is 12.0. The van der Waals surface area contributed by atoms with Crippen LogP contribution in [0.4, 0.5) is 22.7 Å². The lowest BCUT2D eigenvalue weighted by molar-refractivity contribution is -0.384. The van der Waals surface area contributed by atoms with Crippen molar-refractivity contribution in [3.63, 3.8) is 0 Å². The summed E-state index contributed by atoms with van der Waals surface area (Å²) in [6.07, 6.45) is 2.02. The van der Waals surface area contributed by atoms with E-state index >= 15 is 0 Å². The van der Waals surface area contributed by atoms with Crippen molar-refractivity contribution in [3.8, 4) is 0 Å². The SMILES string of the molecule is CCN(CC(=O)Nc1ccc(N2CCOCC2)cc1)C(=O)c1cc([N+](=O)[O-])ccc1N1CCCC1. The molecule has 10 heteroatoms. The third-order valence-electron chi connectivity index (χ3n) is 6.40. The van der Waals surface area contributed by atoms with Gasteiger partial charge in [-0.25, -0.2) is 0 Å². The van der Waals surface area contributed by atoms with Crippen LogP contribution in [0.3, 0.4) is 0 Å². The third-order valence-corrected chi connectivity index (χ3v) is 6.40. The molecule has 0 aliphatic carbocycles. The summed E-state index contributed by atoms with van der Waals surface area (Å²) in [5.74, 6) is -0.719. The second-order valence-corrected chi connectivity index (χ2v) is 8.67. The minimum Gasteiger partial charge on any atom is -0.378 e. The second-order valence-electron chi connectivity index (χ2n) is 8.67. The van der Waals surface area contributed by atoms with Gasteiger partial charge >= 0.3 is 0 Å². The molecule has 35 heavy (non-hydrogen) atoms. The van der Waals surface area contributed by atoms with Crippen molar-refractivity contribution in [2.24, 2.45) is 0 Å². The molecular formula is C25H31N5O5. The summed E-state index contributed by atoms with van der Waals surface area (Å²) in [5, 5.41) is 14.2. The van der Waals surface area contributed by atoms with Crippen LogP contribution < -0.4 is 15.1 Å². The zero-order valence-corrected chi connectivity index (χ0v) is 19.9. The van der Waals surface area contributed by atoms with E-state index in [2.05, 4.69) is 15.1 Å². The fourth-order valence-corrected chi connectivity index (χ4v) is 4.49. The first kappa shape index (κ1) is 24.5. The van der Waals surface area contributed by atoms with Crippen molar-refractivity contribution in [3.05, 3.63) is 58.1 Å². The Morgan fingerprint density at radius 2 is 1.71 bits per heavy atom. The number of nitro groups is 1. The maximum absolute atomic E-state index is 13.4. The van der Waals surface area contributed by atoms with E-state index in [1.165, 1.54) is 17.0 Å². The van der Waals surface area contributed by atoms with E-state index in [0.717, 1.165) is 44.7 Å². The maximum Gasteiger partial charge on any atom is 0.270 e. The molecule has 0 unspecified atom stereocenters. The van der Waals surface area contributed by atoms with Gasteiger partial charge in [0.05, 0.1) is 29.4 Å². The summed E-state index contributed by atoms with van der Waals surface area (Å²) >= 11 is 0. The van der Waals surface area contributed by atoms with E-state index in [4.69, 9.17) is 4.74 Å². The van der Waals surface area contributed by atoms with E-state index in [9.17, 15) is 19.7 Å². The first-order chi connectivity index (χ1) is 17.0. The Hall–Kier alpha value is -3.66. The fourth-order valence-electron chi connectivity index (χ4n) is 4.49. The number of nitrogens with zero attached hydrogens (tertiary/aromatic N) is 4. The van der Waals surface area contributed by atoms with Crippen LogP contribution in [0.15, 0.2) is 42.5 Å². The number of hydrogen-bond donors (Lipinski definition) is 1. The molecule has 0 spiro atoms. The van der Waals surface area contributed by atoms with Gasteiger partial charge in [0.15, 0.2) is 0 Å². The van der Waals surface area contributed by atoms with Crippen LogP contribution in [-0.4, -0.2) is 74.1 Å². The van der Waals surface area contributed by atoms with E-state index in [0.29, 0.717) is 31.1 Å². The summed E-state index contributed by atoms with van der Waals surface area (Å²) in [4.78, 5) is 42.7. The van der Waals surface area contributed by atoms with Crippen molar-refractivity contribution < 1.29 is 19.2 Å². The molecule has 2 aliphatic heterocycles. The molecule has 1 N–H and O–H groups in total. The molecule has 0 atom stereocenters. The molecule has 2 fully saturated rings. The highest BCUT2D eigenvalue weighted by Crippen LogP contribution is 2.29. The third kappa shape index (κ3) is 5.89. The number of hydrogen-bond acceptors (Lipinski definition) is 7. The number of anilines is 3. The standard InChI is InChI=1S/C25H31N5O5/c1-2-27(18-24(31)26-19-5-7-20(8-6-19)28-13-15-35-16-14-28)25(32)22-17-21(30(33)34)9-10-23(22)29-11-3-4-12-29/h5-10,17H,2-4,11-16,18H2,1H3,(H,26,31). The van der Waals surface area contributed by atoms with Gasteiger partial charge in [-0.3, -0.25) is 19.7 Å². The number of likely N-dealkylation sites (N-methyl/N-ethyl adjacent to an activating group) is 1. The fraction of sp³-hybridized carbons (Fsp3) is 0.440. The van der Waals surface area contributed by atoms with Gasteiger partial charge in [-0.1, -0.05) is 0 Å². The molecule has 4 rings (SSSR count). The predicted octanol–water partition coefficient (Wildman–Crippen LogP) is 3.13. The molecule has 2 aromatic rings. The van der Waals surface area contributed by atoms with Crippen LogP contribution in [0.2, 0.25) is 0 Å². The normalized spacial score (nSPS) is 15.7. The van der Waals surface area contributed by atoms with Crippen LogP contribution in [-0.2, 0) is 9.53 Å². The van der Waals surface area contributed by atoms with Crippen LogP contribution in [0.1, 0.15) is 30.1 Å². The summed E-state index contributed by atoms with van der Waals surface area (Å²) in [7, 11) is 0. The average molecular weight is 482 g/mol. The lowest BCUT2D eigenvalue weighted by Gasteiger charge is -2.29. The van der Waals surface area contributed by atoms with E-state index in [-0.39, 0.29) is 23.7 Å². The summed E-state index contributed by atoms with van der Waals surface area (Å²) < 4.78 is 5.38. The Labute approximate surface area is 204 Å². The van der Waals surface area contributed by atoms with E-state index in [1.807, 2.05) is 24.3 Å². The molecule has 10 nitrogen and oxygen atoms in total. The molecule has 0 radical (unpaired) electrons. The van der Waals surface area contributed by atoms with Crippen molar-refractivity contribution in [2.45, 2.75) is 19.8 Å². The molecule has 2 aromatic carbocycles. The topological polar surface area (TPSA) is 108 Å². The Kier molecular flexibility index (Phi) is 7.81. The Balaban J connectivity index is 1.45. The molecule has 2 amide bonds. The highest BCUT2D eigenvalue weighted by atomic mass is 16.6. The van der Waals surface area contributed by atoms with Gasteiger partial charge in [-0.15, -0.1) is 0 Å². The quantitative estimate of drug-likeness (QED) is 0.456. The van der Waals surface area contributed by atoms with E-state index < -0.39 is 10.8 Å². The number of non-ortho nitro benzene ring substituents is 1. The molecule has 2 heterocycles. The Morgan fingerprint density at radius 3 is 2.34 bits per heavy atom. The maximum atomic E-state index is 13.4. The number of benzene rings is 2. The number of nitro benzene ring substituents is 1. The minimum absolute atomic E-state index is 0.142. The Bertz CT molecular complexity index is 1060. The monoisotopic (exact) mass is 481 g/mol. The summed E-state index contributed by atoms with van der Waals surface area (Å²) in [6, 6.07) is 12.0. The summed E-state index contributed by atoms with van der Waals surface area (Å²) in [6.45, 7) is 6.58. The van der Waals surface area contributed by atoms with Gasteiger partial charge in [-0.05, 0) is 50.1 Å². The first-order valence-corrected chi connectivity index (χ1v) is 12.0. The molecule has 186 valence electrons. The molecule has 0 aromatic heterocycles. The molecule has 0 saturated carbocycles. The average Bonchev–Trinajstić information content (AvgIpc) is 3.42. The molecule has 2 saturated heterocycles. The van der Waals surface area contributed by atoms with Gasteiger partial charge in [0.25, 0.3) is 11.6 Å². The zero-order valence-electron chi connectivity index (χ0n) is 19.9. The predicted molar refractivity (Wildman–Crippen MR) is 134 cm³/mol. The number of rotatable bonds is 8. The number of carbonyl (C=O) groups excluding carboxylic acids is 2. The number of nitrogens with one attached hydrogen (secondary N) is 1. The van der Waals surface area contributed by atoms with Gasteiger partial charge in [0.1, 0.15) is 6.54 Å². The van der Waals surface area contributed by atoms with Gasteiger partial charge in [0, 0.05) is 56.2 Å². The van der Waals surface area contributed by atoms with Crippen molar-refractivity contribution >= 4 is 34.6 Å². The molecule has 2 aliphatic rings. The van der Waals surface area contributed by atoms with Gasteiger partial charge < -0.3 is 24.8 Å². The van der Waals surface area contributed by atoms with Crippen molar-refractivity contribution in [2.75, 3.05) is 67.6 Å². The molecular weight excluding hydrogens is 450 g/mol. The number of carbonyl (C=O) groups is 2. The largest absolute Gasteiger partial charge is 0.378 e. The lowest BCUT2D eigenvalue weighted by Crippen LogP contribution is -2.38. The van der Waals surface area contributed by atoms with Crippen molar-refractivity contribution in [1.82, 2.24) is 4.90 Å². The van der Waals surface area contributed by atoms with Crippen LogP contribution in [0, 0.1) is 10.1 Å². The summed E-state index contributed by atoms with van der Waals surface area (Å²) in [5.41, 5.74) is 2.50. The number of morpholine rings is 1. The smallest absolute Gasteiger partial charge is 0.270 e. The Morgan fingerprint density at radius 1 is 1.03 bits per heavy atom. The zero-order chi connectivity index (χ0) is 24.8. The highest BCUT2D eigenvalue weighted by molar-refractivity contribution is 6.03. The van der Waals surface area contributed by atoms with Gasteiger partial charge in [-0.2, -0.15) is 0 Å². The second kappa shape index (κ2) is 11.2.